The molecule has 1 unspecified atom stereocenters. The van der Waals surface area contributed by atoms with Gasteiger partial charge in [0, 0.05) is 18.2 Å². The topological polar surface area (TPSA) is 85.8 Å². The van der Waals surface area contributed by atoms with Crippen molar-refractivity contribution in [2.45, 2.75) is 26.3 Å². The molecule has 1 amide bonds. The summed E-state index contributed by atoms with van der Waals surface area (Å²) in [5.74, 6) is -0.0757. The quantitative estimate of drug-likeness (QED) is 0.875. The van der Waals surface area contributed by atoms with E-state index in [4.69, 9.17) is 5.73 Å². The molecule has 114 valence electrons. The SMILES string of the molecule is Cc1cc(-n2cncn2)ccc1C(=O)NCCC(C)N.Cl. The van der Waals surface area contributed by atoms with Gasteiger partial charge in [0.2, 0.25) is 0 Å². The molecule has 0 aliphatic carbocycles. The molecule has 3 N–H and O–H groups in total. The zero-order valence-electron chi connectivity index (χ0n) is 12.1. The number of nitrogens with two attached hydrogens (primary N) is 1. The molecule has 2 aromatic rings. The lowest BCUT2D eigenvalue weighted by molar-refractivity contribution is 0.0952. The molecule has 1 aromatic carbocycles. The first-order valence-electron chi connectivity index (χ1n) is 6.57. The minimum atomic E-state index is -0.0757. The van der Waals surface area contributed by atoms with Crippen molar-refractivity contribution >= 4 is 18.3 Å². The summed E-state index contributed by atoms with van der Waals surface area (Å²) < 4.78 is 1.66. The second-order valence-corrected chi connectivity index (χ2v) is 4.86. The Morgan fingerprint density at radius 1 is 1.48 bits per heavy atom. The number of aryl methyl sites for hydroxylation is 1. The first-order chi connectivity index (χ1) is 9.58. The van der Waals surface area contributed by atoms with Crippen LogP contribution in [0.3, 0.4) is 0 Å². The molecule has 0 aliphatic heterocycles. The molecule has 0 radical (unpaired) electrons. The van der Waals surface area contributed by atoms with Crippen molar-refractivity contribution in [3.8, 4) is 5.69 Å². The van der Waals surface area contributed by atoms with E-state index in [0.717, 1.165) is 17.7 Å². The smallest absolute Gasteiger partial charge is 0.251 e. The van der Waals surface area contributed by atoms with E-state index in [1.165, 1.54) is 6.33 Å². The molecule has 0 saturated heterocycles. The monoisotopic (exact) mass is 309 g/mol. The van der Waals surface area contributed by atoms with Gasteiger partial charge in [0.1, 0.15) is 12.7 Å². The number of nitrogens with zero attached hydrogens (tertiary/aromatic N) is 3. The highest BCUT2D eigenvalue weighted by Gasteiger charge is 2.10. The van der Waals surface area contributed by atoms with Crippen molar-refractivity contribution in [2.75, 3.05) is 6.54 Å². The Morgan fingerprint density at radius 2 is 2.24 bits per heavy atom. The number of halogens is 1. The molecular weight excluding hydrogens is 290 g/mol. The number of benzene rings is 1. The molecule has 1 heterocycles. The van der Waals surface area contributed by atoms with Gasteiger partial charge in [0.05, 0.1) is 5.69 Å². The van der Waals surface area contributed by atoms with Gasteiger partial charge in [-0.2, -0.15) is 5.10 Å². The highest BCUT2D eigenvalue weighted by Crippen LogP contribution is 2.13. The van der Waals surface area contributed by atoms with Crippen molar-refractivity contribution in [1.29, 1.82) is 0 Å². The lowest BCUT2D eigenvalue weighted by Gasteiger charge is -2.10. The molecule has 21 heavy (non-hydrogen) atoms. The summed E-state index contributed by atoms with van der Waals surface area (Å²) in [5, 5.41) is 6.93. The van der Waals surface area contributed by atoms with Crippen LogP contribution in [0.2, 0.25) is 0 Å². The van der Waals surface area contributed by atoms with Gasteiger partial charge in [-0.25, -0.2) is 9.67 Å². The van der Waals surface area contributed by atoms with Crippen LogP contribution in [0.5, 0.6) is 0 Å². The molecule has 2 rings (SSSR count). The number of nitrogens with one attached hydrogen (secondary N) is 1. The first-order valence-corrected chi connectivity index (χ1v) is 6.57. The van der Waals surface area contributed by atoms with Crippen LogP contribution in [0.4, 0.5) is 0 Å². The summed E-state index contributed by atoms with van der Waals surface area (Å²) in [6, 6.07) is 5.65. The van der Waals surface area contributed by atoms with E-state index in [0.29, 0.717) is 12.1 Å². The van der Waals surface area contributed by atoms with Gasteiger partial charge < -0.3 is 11.1 Å². The number of carbonyl (C=O) groups is 1. The van der Waals surface area contributed by atoms with Crippen LogP contribution >= 0.6 is 12.4 Å². The molecule has 0 fully saturated rings. The molecule has 7 heteroatoms. The van der Waals surface area contributed by atoms with Gasteiger partial charge in [-0.3, -0.25) is 4.79 Å². The maximum Gasteiger partial charge on any atom is 0.251 e. The Balaban J connectivity index is 0.00000220. The van der Waals surface area contributed by atoms with Gasteiger partial charge in [0.25, 0.3) is 5.91 Å². The lowest BCUT2D eigenvalue weighted by atomic mass is 10.1. The molecule has 0 spiro atoms. The van der Waals surface area contributed by atoms with E-state index in [1.54, 1.807) is 17.1 Å². The number of rotatable bonds is 5. The second-order valence-electron chi connectivity index (χ2n) is 4.86. The maximum absolute atomic E-state index is 12.1. The van der Waals surface area contributed by atoms with Crippen LogP contribution in [0.15, 0.2) is 30.9 Å². The Labute approximate surface area is 130 Å². The highest BCUT2D eigenvalue weighted by atomic mass is 35.5. The van der Waals surface area contributed by atoms with Crippen molar-refractivity contribution in [2.24, 2.45) is 5.73 Å². The molecule has 0 aliphatic rings. The van der Waals surface area contributed by atoms with Crippen LogP contribution in [0, 0.1) is 6.92 Å². The van der Waals surface area contributed by atoms with Gasteiger partial charge in [-0.05, 0) is 44.0 Å². The Hall–Kier alpha value is -1.92. The van der Waals surface area contributed by atoms with E-state index in [2.05, 4.69) is 15.4 Å². The second kappa shape index (κ2) is 7.75. The fraction of sp³-hybridized carbons (Fsp3) is 0.357. The number of carbonyl (C=O) groups excluding carboxylic acids is 1. The van der Waals surface area contributed by atoms with Crippen LogP contribution in [0.1, 0.15) is 29.3 Å². The Kier molecular flexibility index (Phi) is 6.33. The highest BCUT2D eigenvalue weighted by molar-refractivity contribution is 5.95. The Morgan fingerprint density at radius 3 is 2.81 bits per heavy atom. The summed E-state index contributed by atoms with van der Waals surface area (Å²) in [5.41, 5.74) is 8.10. The van der Waals surface area contributed by atoms with E-state index in [1.807, 2.05) is 26.0 Å². The third-order valence-electron chi connectivity index (χ3n) is 3.02. The van der Waals surface area contributed by atoms with E-state index < -0.39 is 0 Å². The molecule has 0 bridgehead atoms. The average molecular weight is 310 g/mol. The molecule has 1 aromatic heterocycles. The summed E-state index contributed by atoms with van der Waals surface area (Å²) >= 11 is 0. The van der Waals surface area contributed by atoms with Crippen molar-refractivity contribution in [3.05, 3.63) is 42.0 Å². The fourth-order valence-electron chi connectivity index (χ4n) is 1.90. The summed E-state index contributed by atoms with van der Waals surface area (Å²) in [6.07, 6.45) is 3.86. The molecule has 6 nitrogen and oxygen atoms in total. The van der Waals surface area contributed by atoms with Crippen molar-refractivity contribution < 1.29 is 4.79 Å². The van der Waals surface area contributed by atoms with Gasteiger partial charge >= 0.3 is 0 Å². The predicted molar refractivity (Wildman–Crippen MR) is 83.9 cm³/mol. The largest absolute Gasteiger partial charge is 0.352 e. The van der Waals surface area contributed by atoms with Crippen LogP contribution < -0.4 is 11.1 Å². The molecule has 0 saturated carbocycles. The molecule has 1 atom stereocenters. The lowest BCUT2D eigenvalue weighted by Crippen LogP contribution is -2.29. The number of hydrogen-bond acceptors (Lipinski definition) is 4. The maximum atomic E-state index is 12.1. The third-order valence-corrected chi connectivity index (χ3v) is 3.02. The van der Waals surface area contributed by atoms with Crippen molar-refractivity contribution in [1.82, 2.24) is 20.1 Å². The summed E-state index contributed by atoms with van der Waals surface area (Å²) in [4.78, 5) is 16.0. The number of aromatic nitrogens is 3. The third kappa shape index (κ3) is 4.54. The van der Waals surface area contributed by atoms with Gasteiger partial charge in [-0.15, -0.1) is 12.4 Å². The Bertz CT molecular complexity index is 583. The van der Waals surface area contributed by atoms with Crippen LogP contribution in [0.25, 0.3) is 5.69 Å². The fourth-order valence-corrected chi connectivity index (χ4v) is 1.90. The molecular formula is C14H20ClN5O. The van der Waals surface area contributed by atoms with Gasteiger partial charge in [0.15, 0.2) is 0 Å². The number of hydrogen-bond donors (Lipinski definition) is 2. The predicted octanol–water partition coefficient (Wildman–Crippen LogP) is 1.46. The van der Waals surface area contributed by atoms with E-state index in [9.17, 15) is 4.79 Å². The van der Waals surface area contributed by atoms with Crippen LogP contribution in [-0.4, -0.2) is 33.3 Å². The van der Waals surface area contributed by atoms with Crippen molar-refractivity contribution in [3.63, 3.8) is 0 Å². The summed E-state index contributed by atoms with van der Waals surface area (Å²) in [6.45, 7) is 4.41. The first kappa shape index (κ1) is 17.1. The minimum Gasteiger partial charge on any atom is -0.352 e. The minimum absolute atomic E-state index is 0. The zero-order valence-corrected chi connectivity index (χ0v) is 12.9. The summed E-state index contributed by atoms with van der Waals surface area (Å²) in [7, 11) is 0. The van der Waals surface area contributed by atoms with E-state index in [-0.39, 0.29) is 24.4 Å². The van der Waals surface area contributed by atoms with Crippen LogP contribution in [-0.2, 0) is 0 Å². The van der Waals surface area contributed by atoms with E-state index >= 15 is 0 Å². The standard InChI is InChI=1S/C14H19N5O.ClH/c1-10-7-12(19-9-16-8-18-19)3-4-13(10)14(20)17-6-5-11(2)15;/h3-4,7-9,11H,5-6,15H2,1-2H3,(H,17,20);1H. The zero-order chi connectivity index (χ0) is 14.5. The average Bonchev–Trinajstić information content (AvgIpc) is 2.91. The number of amides is 1. The normalized spacial score (nSPS) is 11.6. The van der Waals surface area contributed by atoms with Gasteiger partial charge in [-0.1, -0.05) is 0 Å².